The van der Waals surface area contributed by atoms with Crippen LogP contribution in [0.3, 0.4) is 0 Å². The standard InChI is InChI=1S/C24H28N2O3S/c1-17(14-18-10-12-29-13-11-18)25-16-20-7-2-4-8-21(20)26(24(27)28)23-15-19-6-3-5-9-22(19)30-23/h2-9,15,17-18,25H,10-14,16H2,1H3,(H,27,28). The molecule has 1 saturated heterocycles. The number of nitrogens with one attached hydrogen (secondary N) is 1. The Hall–Kier alpha value is -2.41. The van der Waals surface area contributed by atoms with Crippen LogP contribution in [0.15, 0.2) is 54.6 Å². The summed E-state index contributed by atoms with van der Waals surface area (Å²) in [5.41, 5.74) is 1.69. The number of hydrogen-bond acceptors (Lipinski definition) is 4. The van der Waals surface area contributed by atoms with Gasteiger partial charge in [0.1, 0.15) is 5.00 Å². The summed E-state index contributed by atoms with van der Waals surface area (Å²) in [5, 5.41) is 15.4. The maximum absolute atomic E-state index is 12.2. The number of benzene rings is 2. The topological polar surface area (TPSA) is 61.8 Å². The highest BCUT2D eigenvalue weighted by Gasteiger charge is 2.22. The van der Waals surface area contributed by atoms with Gasteiger partial charge in [-0.2, -0.15) is 0 Å². The van der Waals surface area contributed by atoms with E-state index in [1.54, 1.807) is 0 Å². The number of nitrogens with zero attached hydrogens (tertiary/aromatic N) is 1. The summed E-state index contributed by atoms with van der Waals surface area (Å²) in [5.74, 6) is 0.700. The minimum absolute atomic E-state index is 0.365. The van der Waals surface area contributed by atoms with Crippen molar-refractivity contribution in [1.29, 1.82) is 0 Å². The van der Waals surface area contributed by atoms with Gasteiger partial charge in [-0.3, -0.25) is 0 Å². The summed E-state index contributed by atoms with van der Waals surface area (Å²) in [4.78, 5) is 13.6. The Morgan fingerprint density at radius 1 is 1.20 bits per heavy atom. The fourth-order valence-electron chi connectivity index (χ4n) is 4.12. The van der Waals surface area contributed by atoms with Crippen LogP contribution in [0.1, 0.15) is 31.7 Å². The van der Waals surface area contributed by atoms with E-state index < -0.39 is 6.09 Å². The van der Waals surface area contributed by atoms with Gasteiger partial charge in [0.2, 0.25) is 0 Å². The van der Waals surface area contributed by atoms with Crippen molar-refractivity contribution in [1.82, 2.24) is 5.32 Å². The molecule has 1 unspecified atom stereocenters. The lowest BCUT2D eigenvalue weighted by atomic mass is 9.93. The van der Waals surface area contributed by atoms with E-state index in [1.165, 1.54) is 16.2 Å². The first-order valence-corrected chi connectivity index (χ1v) is 11.3. The number of hydrogen-bond donors (Lipinski definition) is 2. The molecule has 0 radical (unpaired) electrons. The fraction of sp³-hybridized carbons (Fsp3) is 0.375. The Morgan fingerprint density at radius 3 is 2.70 bits per heavy atom. The lowest BCUT2D eigenvalue weighted by Crippen LogP contribution is -2.31. The SMILES string of the molecule is CC(CC1CCOCC1)NCc1ccccc1N(C(=O)O)c1cc2ccccc2s1. The number of thiophene rings is 1. The highest BCUT2D eigenvalue weighted by Crippen LogP contribution is 2.37. The summed E-state index contributed by atoms with van der Waals surface area (Å²) < 4.78 is 6.54. The smallest absolute Gasteiger partial charge is 0.417 e. The molecule has 1 atom stereocenters. The molecule has 0 spiro atoms. The molecule has 2 heterocycles. The number of para-hydroxylation sites is 1. The summed E-state index contributed by atoms with van der Waals surface area (Å²) in [6.07, 6.45) is 2.40. The third kappa shape index (κ3) is 4.83. The van der Waals surface area contributed by atoms with Gasteiger partial charge in [-0.25, -0.2) is 9.69 Å². The predicted molar refractivity (Wildman–Crippen MR) is 123 cm³/mol. The van der Waals surface area contributed by atoms with Crippen molar-refractivity contribution in [3.8, 4) is 0 Å². The van der Waals surface area contributed by atoms with E-state index in [0.29, 0.717) is 29.2 Å². The van der Waals surface area contributed by atoms with E-state index in [9.17, 15) is 9.90 Å². The average molecular weight is 425 g/mol. The van der Waals surface area contributed by atoms with Gasteiger partial charge in [-0.15, -0.1) is 11.3 Å². The Labute approximate surface area is 181 Å². The molecule has 1 aromatic heterocycles. The quantitative estimate of drug-likeness (QED) is 0.487. The lowest BCUT2D eigenvalue weighted by molar-refractivity contribution is 0.0611. The van der Waals surface area contributed by atoms with E-state index in [1.807, 2.05) is 54.6 Å². The van der Waals surface area contributed by atoms with E-state index in [4.69, 9.17) is 4.74 Å². The lowest BCUT2D eigenvalue weighted by Gasteiger charge is -2.26. The molecule has 1 fully saturated rings. The average Bonchev–Trinajstić information content (AvgIpc) is 3.17. The fourth-order valence-corrected chi connectivity index (χ4v) is 5.19. The molecule has 1 aliphatic rings. The molecule has 30 heavy (non-hydrogen) atoms. The van der Waals surface area contributed by atoms with Gasteiger partial charge in [0.05, 0.1) is 5.69 Å². The van der Waals surface area contributed by atoms with Crippen LogP contribution < -0.4 is 10.2 Å². The first-order chi connectivity index (χ1) is 14.6. The van der Waals surface area contributed by atoms with Gasteiger partial charge in [0.25, 0.3) is 0 Å². The molecule has 6 heteroatoms. The Bertz CT molecular complexity index is 964. The van der Waals surface area contributed by atoms with E-state index >= 15 is 0 Å². The summed E-state index contributed by atoms with van der Waals surface area (Å²) in [7, 11) is 0. The van der Waals surface area contributed by atoms with Crippen LogP contribution in [-0.4, -0.2) is 30.5 Å². The third-order valence-electron chi connectivity index (χ3n) is 5.73. The highest BCUT2D eigenvalue weighted by molar-refractivity contribution is 7.23. The maximum Gasteiger partial charge on any atom is 0.417 e. The first-order valence-electron chi connectivity index (χ1n) is 10.5. The van der Waals surface area contributed by atoms with Gasteiger partial charge in [0, 0.05) is 30.5 Å². The Kier molecular flexibility index (Phi) is 6.67. The number of ether oxygens (including phenoxy) is 1. The number of amides is 1. The van der Waals surface area contributed by atoms with Crippen LogP contribution in [0.4, 0.5) is 15.5 Å². The van der Waals surface area contributed by atoms with Gasteiger partial charge in [0.15, 0.2) is 0 Å². The molecule has 5 nitrogen and oxygen atoms in total. The van der Waals surface area contributed by atoms with Crippen molar-refractivity contribution in [2.24, 2.45) is 5.92 Å². The van der Waals surface area contributed by atoms with Crippen LogP contribution in [0.2, 0.25) is 0 Å². The maximum atomic E-state index is 12.2. The molecule has 4 rings (SSSR count). The molecule has 2 aromatic carbocycles. The molecule has 3 aromatic rings. The zero-order chi connectivity index (χ0) is 20.9. The molecule has 0 saturated carbocycles. The summed E-state index contributed by atoms with van der Waals surface area (Å²) in [6, 6.07) is 18.1. The van der Waals surface area contributed by atoms with Crippen molar-refractivity contribution in [3.63, 3.8) is 0 Å². The van der Waals surface area contributed by atoms with Gasteiger partial charge in [-0.05, 0) is 61.3 Å². The second-order valence-electron chi connectivity index (χ2n) is 7.94. The van der Waals surface area contributed by atoms with Crippen LogP contribution in [0, 0.1) is 5.92 Å². The van der Waals surface area contributed by atoms with E-state index in [-0.39, 0.29) is 0 Å². The van der Waals surface area contributed by atoms with E-state index in [0.717, 1.165) is 48.1 Å². The monoisotopic (exact) mass is 424 g/mol. The normalized spacial score (nSPS) is 15.9. The van der Waals surface area contributed by atoms with Crippen molar-refractivity contribution in [3.05, 3.63) is 60.2 Å². The van der Waals surface area contributed by atoms with Gasteiger partial charge >= 0.3 is 6.09 Å². The Morgan fingerprint density at radius 2 is 1.93 bits per heavy atom. The summed E-state index contributed by atoms with van der Waals surface area (Å²) >= 11 is 1.50. The van der Waals surface area contributed by atoms with Crippen molar-refractivity contribution < 1.29 is 14.6 Å². The zero-order valence-electron chi connectivity index (χ0n) is 17.2. The predicted octanol–water partition coefficient (Wildman–Crippen LogP) is 6.01. The molecular weight excluding hydrogens is 396 g/mol. The number of fused-ring (bicyclic) bond motifs is 1. The molecular formula is C24H28N2O3S. The van der Waals surface area contributed by atoms with E-state index in [2.05, 4.69) is 12.2 Å². The molecule has 0 bridgehead atoms. The van der Waals surface area contributed by atoms with Crippen molar-refractivity contribution in [2.45, 2.75) is 38.8 Å². The third-order valence-corrected chi connectivity index (χ3v) is 6.83. The van der Waals surface area contributed by atoms with Gasteiger partial charge < -0.3 is 15.2 Å². The minimum atomic E-state index is -0.968. The number of carboxylic acid groups (broad SMARTS) is 1. The number of anilines is 2. The Balaban J connectivity index is 1.52. The number of carbonyl (C=O) groups is 1. The molecule has 1 aliphatic heterocycles. The molecule has 158 valence electrons. The van der Waals surface area contributed by atoms with Crippen LogP contribution in [-0.2, 0) is 11.3 Å². The second-order valence-corrected chi connectivity index (χ2v) is 9.00. The summed E-state index contributed by atoms with van der Waals surface area (Å²) in [6.45, 7) is 4.57. The van der Waals surface area contributed by atoms with Crippen LogP contribution >= 0.6 is 11.3 Å². The zero-order valence-corrected chi connectivity index (χ0v) is 18.0. The van der Waals surface area contributed by atoms with Crippen LogP contribution in [0.5, 0.6) is 0 Å². The highest BCUT2D eigenvalue weighted by atomic mass is 32.1. The molecule has 2 N–H and O–H groups in total. The first kappa shape index (κ1) is 20.8. The van der Waals surface area contributed by atoms with Crippen LogP contribution in [0.25, 0.3) is 10.1 Å². The molecule has 1 amide bonds. The minimum Gasteiger partial charge on any atom is -0.464 e. The largest absolute Gasteiger partial charge is 0.464 e. The van der Waals surface area contributed by atoms with Crippen molar-refractivity contribution in [2.75, 3.05) is 18.1 Å². The molecule has 0 aliphatic carbocycles. The second kappa shape index (κ2) is 9.60. The number of rotatable bonds is 7. The van der Waals surface area contributed by atoms with Crippen molar-refractivity contribution >= 4 is 38.2 Å². The van der Waals surface area contributed by atoms with Gasteiger partial charge in [-0.1, -0.05) is 36.4 Å².